The highest BCUT2D eigenvalue weighted by molar-refractivity contribution is 5.77. The Morgan fingerprint density at radius 2 is 1.83 bits per heavy atom. The maximum atomic E-state index is 11.3. The minimum absolute atomic E-state index is 0.0394. The van der Waals surface area contributed by atoms with Gasteiger partial charge in [-0.15, -0.1) is 0 Å². The van der Waals surface area contributed by atoms with E-state index in [-0.39, 0.29) is 17.9 Å². The summed E-state index contributed by atoms with van der Waals surface area (Å²) in [7, 11) is 3.52. The highest BCUT2D eigenvalue weighted by Crippen LogP contribution is 2.01. The molecule has 0 spiro atoms. The zero-order valence-corrected chi connectivity index (χ0v) is 8.63. The molecule has 0 fully saturated rings. The highest BCUT2D eigenvalue weighted by atomic mass is 16.5. The van der Waals surface area contributed by atoms with Crippen LogP contribution in [0.25, 0.3) is 0 Å². The lowest BCUT2D eigenvalue weighted by atomic mass is 10.2. The molecule has 1 unspecified atom stereocenters. The second-order valence-electron chi connectivity index (χ2n) is 3.52. The topological polar surface area (TPSA) is 29.5 Å². The molecular weight excluding hydrogens is 154 g/mol. The van der Waals surface area contributed by atoms with Crippen LogP contribution < -0.4 is 0 Å². The summed E-state index contributed by atoms with van der Waals surface area (Å²) in [5.74, 6) is 0.0815. The first kappa shape index (κ1) is 11.4. The van der Waals surface area contributed by atoms with Crippen LogP contribution in [-0.4, -0.2) is 37.6 Å². The minimum atomic E-state index is -0.0394. The van der Waals surface area contributed by atoms with Gasteiger partial charge in [-0.25, -0.2) is 0 Å². The largest absolute Gasteiger partial charge is 0.378 e. The van der Waals surface area contributed by atoms with Gasteiger partial charge in [-0.3, -0.25) is 4.79 Å². The highest BCUT2D eigenvalue weighted by Gasteiger charge is 2.14. The Labute approximate surface area is 74.7 Å². The summed E-state index contributed by atoms with van der Waals surface area (Å²) < 4.78 is 5.33. The van der Waals surface area contributed by atoms with E-state index in [0.717, 1.165) is 0 Å². The number of hydrogen-bond donors (Lipinski definition) is 0. The number of hydrogen-bond acceptors (Lipinski definition) is 2. The van der Waals surface area contributed by atoms with Gasteiger partial charge in [-0.1, -0.05) is 6.92 Å². The van der Waals surface area contributed by atoms with Crippen LogP contribution in [0, 0.1) is 5.92 Å². The average molecular weight is 173 g/mol. The van der Waals surface area contributed by atoms with E-state index < -0.39 is 0 Å². The summed E-state index contributed by atoms with van der Waals surface area (Å²) >= 11 is 0. The third-order valence-electron chi connectivity index (χ3n) is 1.54. The van der Waals surface area contributed by atoms with Crippen molar-refractivity contribution in [3.63, 3.8) is 0 Å². The van der Waals surface area contributed by atoms with E-state index >= 15 is 0 Å². The molecule has 12 heavy (non-hydrogen) atoms. The Hall–Kier alpha value is -0.570. The number of nitrogens with zero attached hydrogens (tertiary/aromatic N) is 1. The Morgan fingerprint density at radius 1 is 1.33 bits per heavy atom. The van der Waals surface area contributed by atoms with Crippen molar-refractivity contribution in [3.8, 4) is 0 Å². The fraction of sp³-hybridized carbons (Fsp3) is 0.889. The number of amides is 1. The Balaban J connectivity index is 3.72. The Morgan fingerprint density at radius 3 is 2.17 bits per heavy atom. The summed E-state index contributed by atoms with van der Waals surface area (Å²) in [6.45, 7) is 6.32. The average Bonchev–Trinajstić information content (AvgIpc) is 1.98. The van der Waals surface area contributed by atoms with Crippen LogP contribution >= 0.6 is 0 Å². The van der Waals surface area contributed by atoms with E-state index in [9.17, 15) is 4.79 Å². The molecule has 0 bridgehead atoms. The molecule has 1 amide bonds. The standard InChI is InChI=1S/C9H19NO2/c1-7(2)12-6-8(3)9(11)10(4)5/h7-8H,6H2,1-5H3. The molecule has 0 rings (SSSR count). The van der Waals surface area contributed by atoms with E-state index in [2.05, 4.69) is 0 Å². The van der Waals surface area contributed by atoms with E-state index in [0.29, 0.717) is 6.61 Å². The molecule has 3 heteroatoms. The first-order valence-electron chi connectivity index (χ1n) is 4.28. The summed E-state index contributed by atoms with van der Waals surface area (Å²) in [6.07, 6.45) is 0.197. The van der Waals surface area contributed by atoms with Crippen molar-refractivity contribution < 1.29 is 9.53 Å². The quantitative estimate of drug-likeness (QED) is 0.638. The normalized spacial score (nSPS) is 13.2. The van der Waals surface area contributed by atoms with Crippen LogP contribution in [0.15, 0.2) is 0 Å². The van der Waals surface area contributed by atoms with E-state index in [1.807, 2.05) is 20.8 Å². The van der Waals surface area contributed by atoms with E-state index in [1.54, 1.807) is 19.0 Å². The van der Waals surface area contributed by atoms with Crippen LogP contribution in [-0.2, 0) is 9.53 Å². The summed E-state index contributed by atoms with van der Waals surface area (Å²) in [6, 6.07) is 0. The van der Waals surface area contributed by atoms with Gasteiger partial charge < -0.3 is 9.64 Å². The van der Waals surface area contributed by atoms with Crippen LogP contribution in [0.1, 0.15) is 20.8 Å². The molecular formula is C9H19NO2. The molecule has 0 aromatic rings. The SMILES string of the molecule is CC(C)OCC(C)C(=O)N(C)C. The minimum Gasteiger partial charge on any atom is -0.378 e. The van der Waals surface area contributed by atoms with Crippen molar-refractivity contribution in [2.24, 2.45) is 5.92 Å². The maximum Gasteiger partial charge on any atom is 0.227 e. The third-order valence-corrected chi connectivity index (χ3v) is 1.54. The fourth-order valence-electron chi connectivity index (χ4n) is 0.849. The molecule has 0 radical (unpaired) electrons. The molecule has 0 aromatic carbocycles. The smallest absolute Gasteiger partial charge is 0.227 e. The van der Waals surface area contributed by atoms with Gasteiger partial charge in [-0.2, -0.15) is 0 Å². The van der Waals surface area contributed by atoms with Crippen LogP contribution in [0.5, 0.6) is 0 Å². The number of carbonyl (C=O) groups is 1. The Kier molecular flexibility index (Phi) is 4.90. The zero-order chi connectivity index (χ0) is 9.72. The van der Waals surface area contributed by atoms with Crippen molar-refractivity contribution in [2.45, 2.75) is 26.9 Å². The van der Waals surface area contributed by atoms with Gasteiger partial charge in [0.1, 0.15) is 0 Å². The second kappa shape index (κ2) is 5.14. The van der Waals surface area contributed by atoms with Gasteiger partial charge in [0.05, 0.1) is 18.6 Å². The van der Waals surface area contributed by atoms with Gasteiger partial charge >= 0.3 is 0 Å². The predicted molar refractivity (Wildman–Crippen MR) is 48.9 cm³/mol. The summed E-state index contributed by atoms with van der Waals surface area (Å²) in [5, 5.41) is 0. The molecule has 0 saturated carbocycles. The first-order valence-corrected chi connectivity index (χ1v) is 4.28. The predicted octanol–water partition coefficient (Wildman–Crippen LogP) is 1.14. The fourth-order valence-corrected chi connectivity index (χ4v) is 0.849. The summed E-state index contributed by atoms with van der Waals surface area (Å²) in [4.78, 5) is 12.9. The lowest BCUT2D eigenvalue weighted by Gasteiger charge is -2.17. The summed E-state index contributed by atoms with van der Waals surface area (Å²) in [5.41, 5.74) is 0. The van der Waals surface area contributed by atoms with Crippen molar-refractivity contribution >= 4 is 5.91 Å². The molecule has 1 atom stereocenters. The molecule has 0 aliphatic carbocycles. The molecule has 0 saturated heterocycles. The van der Waals surface area contributed by atoms with E-state index in [4.69, 9.17) is 4.74 Å². The van der Waals surface area contributed by atoms with Crippen molar-refractivity contribution in [1.82, 2.24) is 4.90 Å². The monoisotopic (exact) mass is 173 g/mol. The molecule has 72 valence electrons. The molecule has 3 nitrogen and oxygen atoms in total. The molecule has 0 heterocycles. The molecule has 0 N–H and O–H groups in total. The van der Waals surface area contributed by atoms with Crippen LogP contribution in [0.3, 0.4) is 0 Å². The third kappa shape index (κ3) is 4.34. The van der Waals surface area contributed by atoms with Gasteiger partial charge in [0.15, 0.2) is 0 Å². The van der Waals surface area contributed by atoms with Crippen LogP contribution in [0.4, 0.5) is 0 Å². The molecule has 0 aliphatic rings. The van der Waals surface area contributed by atoms with Crippen molar-refractivity contribution in [2.75, 3.05) is 20.7 Å². The van der Waals surface area contributed by atoms with Crippen LogP contribution in [0.2, 0.25) is 0 Å². The van der Waals surface area contributed by atoms with Crippen molar-refractivity contribution in [1.29, 1.82) is 0 Å². The lowest BCUT2D eigenvalue weighted by molar-refractivity contribution is -0.134. The zero-order valence-electron chi connectivity index (χ0n) is 8.63. The lowest BCUT2D eigenvalue weighted by Crippen LogP contribution is -2.31. The Bertz CT molecular complexity index is 143. The molecule has 0 aromatic heterocycles. The van der Waals surface area contributed by atoms with E-state index in [1.165, 1.54) is 0 Å². The number of ether oxygens (including phenoxy) is 1. The first-order chi connectivity index (χ1) is 5.45. The maximum absolute atomic E-state index is 11.3. The second-order valence-corrected chi connectivity index (χ2v) is 3.52. The van der Waals surface area contributed by atoms with Gasteiger partial charge in [0.25, 0.3) is 0 Å². The van der Waals surface area contributed by atoms with Crippen molar-refractivity contribution in [3.05, 3.63) is 0 Å². The molecule has 0 aliphatic heterocycles. The number of rotatable bonds is 4. The van der Waals surface area contributed by atoms with Gasteiger partial charge in [0, 0.05) is 14.1 Å². The van der Waals surface area contributed by atoms with Gasteiger partial charge in [0.2, 0.25) is 5.91 Å². The number of carbonyl (C=O) groups excluding carboxylic acids is 1. The van der Waals surface area contributed by atoms with Gasteiger partial charge in [-0.05, 0) is 13.8 Å².